The Morgan fingerprint density at radius 2 is 0.495 bits per heavy atom. The second-order valence-electron chi connectivity index (χ2n) is 38.5. The number of ether oxygens (including phenoxy) is 4. The molecule has 1 heterocycles. The predicted octanol–water partition coefficient (Wildman–Crippen LogP) is 25.6. The van der Waals surface area contributed by atoms with Gasteiger partial charge in [0.2, 0.25) is 0 Å². The molecule has 0 N–H and O–H groups in total. The number of aryl methyl sites for hydroxylation is 2. The van der Waals surface area contributed by atoms with Gasteiger partial charge in [0.05, 0.1) is 51.2 Å². The van der Waals surface area contributed by atoms with Crippen LogP contribution in [-0.2, 0) is 43.3 Å². The minimum Gasteiger partial charge on any atom is -0.496 e. The van der Waals surface area contributed by atoms with Gasteiger partial charge in [0, 0.05) is 84.7 Å². The Morgan fingerprint density at radius 1 is 0.297 bits per heavy atom. The van der Waals surface area contributed by atoms with Crippen LogP contribution in [0.3, 0.4) is 0 Å². The highest BCUT2D eigenvalue weighted by molar-refractivity contribution is 6.21. The van der Waals surface area contributed by atoms with Crippen molar-refractivity contribution in [3.05, 3.63) is 220 Å². The number of hydrogen-bond donors (Lipinski definition) is 0. The Bertz CT molecular complexity index is 3900. The molecule has 6 heteroatoms. The molecule has 0 fully saturated rings. The van der Waals surface area contributed by atoms with Gasteiger partial charge in [0.1, 0.15) is 29.7 Å². The number of nitrogens with zero attached hydrogens (tertiary/aromatic N) is 2. The van der Waals surface area contributed by atoms with Crippen molar-refractivity contribution in [2.24, 2.45) is 0 Å². The van der Waals surface area contributed by atoms with Crippen molar-refractivity contribution >= 4 is 33.5 Å². The number of methoxy groups -OCH3 is 4. The van der Waals surface area contributed by atoms with Gasteiger partial charge in [0.25, 0.3) is 0 Å². The van der Waals surface area contributed by atoms with Gasteiger partial charge in [-0.15, -0.1) is 0 Å². The van der Waals surface area contributed by atoms with Gasteiger partial charge in [0.15, 0.2) is 0 Å². The Hall–Kier alpha value is -7.44. The molecule has 0 amide bonds. The number of hydrogen-bond acceptors (Lipinski definition) is 6. The van der Waals surface area contributed by atoms with Crippen LogP contribution < -0.4 is 28.7 Å². The van der Waals surface area contributed by atoms with Crippen LogP contribution in [0, 0.1) is 13.8 Å². The third-order valence-corrected chi connectivity index (χ3v) is 22.2. The molecule has 0 saturated carbocycles. The Kier molecular flexibility index (Phi) is 19.9. The van der Waals surface area contributed by atoms with E-state index in [-0.39, 0.29) is 67.0 Å². The lowest BCUT2D eigenvalue weighted by Crippen LogP contribution is -2.32. The second kappa shape index (κ2) is 26.4. The molecule has 0 radical (unpaired) electrons. The zero-order chi connectivity index (χ0) is 75.0. The molecule has 0 unspecified atom stereocenters. The summed E-state index contributed by atoms with van der Waals surface area (Å²) >= 11 is 0. The van der Waals surface area contributed by atoms with Crippen LogP contribution in [0.25, 0.3) is 22.2 Å². The summed E-state index contributed by atoms with van der Waals surface area (Å²) in [6.07, 6.45) is 0. The third-order valence-electron chi connectivity index (χ3n) is 22.2. The second-order valence-corrected chi connectivity index (χ2v) is 38.5. The van der Waals surface area contributed by atoms with E-state index >= 15 is 0 Å². The topological polar surface area (TPSA) is 43.4 Å². The molecule has 10 rings (SSSR count). The predicted molar refractivity (Wildman–Crippen MR) is 435 cm³/mol. The molecule has 6 nitrogen and oxygen atoms in total. The molecule has 0 spiro atoms. The van der Waals surface area contributed by atoms with E-state index in [1.807, 2.05) is 28.4 Å². The van der Waals surface area contributed by atoms with Crippen molar-refractivity contribution in [1.29, 1.82) is 0 Å². The number of anilines is 2. The highest BCUT2D eigenvalue weighted by Gasteiger charge is 2.45. The normalized spacial score (nSPS) is 15.3. The van der Waals surface area contributed by atoms with Gasteiger partial charge in [-0.3, -0.25) is 0 Å². The summed E-state index contributed by atoms with van der Waals surface area (Å²) in [7, 11) is 7.42. The maximum Gasteiger partial charge on any atom is 0.126 e. The maximum absolute atomic E-state index is 6.52. The van der Waals surface area contributed by atoms with Crippen molar-refractivity contribution in [1.82, 2.24) is 0 Å². The molecule has 1 aliphatic heterocycles. The third kappa shape index (κ3) is 14.0. The fourth-order valence-electron chi connectivity index (χ4n) is 16.5. The van der Waals surface area contributed by atoms with E-state index in [0.29, 0.717) is 6.67 Å². The van der Waals surface area contributed by atoms with Gasteiger partial charge in [-0.2, -0.15) is 0 Å². The van der Waals surface area contributed by atoms with Crippen LogP contribution in [0.2, 0.25) is 0 Å². The van der Waals surface area contributed by atoms with Crippen molar-refractivity contribution in [2.45, 2.75) is 275 Å². The van der Waals surface area contributed by atoms with E-state index in [2.05, 4.69) is 327 Å². The zero-order valence-corrected chi connectivity index (χ0v) is 68.9. The highest BCUT2D eigenvalue weighted by atomic mass is 16.5. The molecule has 2 aliphatic rings. The number of fused-ring (bicyclic) bond motifs is 2. The van der Waals surface area contributed by atoms with Gasteiger partial charge >= 0.3 is 0 Å². The van der Waals surface area contributed by atoms with Crippen LogP contribution in [0.5, 0.6) is 23.0 Å². The van der Waals surface area contributed by atoms with Gasteiger partial charge in [-0.1, -0.05) is 314 Å². The molecular weight excluding hydrogens is 1230 g/mol. The minimum absolute atomic E-state index is 0.0634. The largest absolute Gasteiger partial charge is 0.496 e. The maximum atomic E-state index is 6.52. The molecule has 0 saturated heterocycles. The SMILES string of the molecule is COc1c(C(C)(C)C)cc([C@@H](C)c2cc(C)cc([C@H](C)c3cc(C(C)(C)C)c(OC)c(C(C)(C)C)c3)c2N2CN(c3c([C@H](C)c4cc(C(C)(C)C)c(OC)c(C(C)(C)C)c4)cc(C)cc3[C@H](C)c3cc(C(C)(C)C)c(OC)c(C(C)(C)C)c3)C3=C2c2cccc4cccc3c24)cc1C(C)(C)C. The average molecular weight is 1360 g/mol. The molecule has 0 bridgehead atoms. The number of rotatable bonds is 14. The molecular formula is C95H126N2O4. The molecule has 0 aromatic heterocycles. The smallest absolute Gasteiger partial charge is 0.126 e. The van der Waals surface area contributed by atoms with Crippen molar-refractivity contribution in [2.75, 3.05) is 44.9 Å². The van der Waals surface area contributed by atoms with E-state index in [1.165, 1.54) is 145 Å². The van der Waals surface area contributed by atoms with Crippen molar-refractivity contribution < 1.29 is 18.9 Å². The van der Waals surface area contributed by atoms with E-state index in [0.717, 1.165) is 23.0 Å². The first-order chi connectivity index (χ1) is 46.5. The first-order valence-electron chi connectivity index (χ1n) is 37.5. The fourth-order valence-corrected chi connectivity index (χ4v) is 16.5. The van der Waals surface area contributed by atoms with Crippen LogP contribution in [0.15, 0.2) is 109 Å². The monoisotopic (exact) mass is 1360 g/mol. The zero-order valence-electron chi connectivity index (χ0n) is 68.9. The van der Waals surface area contributed by atoms with Gasteiger partial charge in [-0.05, 0) is 107 Å². The lowest BCUT2D eigenvalue weighted by atomic mass is 9.75. The summed E-state index contributed by atoms with van der Waals surface area (Å²) in [5.41, 5.74) is 28.4. The summed E-state index contributed by atoms with van der Waals surface area (Å²) in [6, 6.07) is 44.0. The van der Waals surface area contributed by atoms with Crippen molar-refractivity contribution in [3.63, 3.8) is 0 Å². The van der Waals surface area contributed by atoms with E-state index in [9.17, 15) is 0 Å². The molecule has 8 aromatic rings. The minimum atomic E-state index is -0.204. The lowest BCUT2D eigenvalue weighted by Gasteiger charge is -2.37. The quantitative estimate of drug-likeness (QED) is 0.108. The van der Waals surface area contributed by atoms with Crippen LogP contribution in [-0.4, -0.2) is 35.1 Å². The molecule has 8 aromatic carbocycles. The molecule has 101 heavy (non-hydrogen) atoms. The Labute approximate surface area is 612 Å². The van der Waals surface area contributed by atoms with Crippen molar-refractivity contribution in [3.8, 4) is 23.0 Å². The first-order valence-corrected chi connectivity index (χ1v) is 37.5. The van der Waals surface area contributed by atoms with E-state index < -0.39 is 0 Å². The fraction of sp³-hybridized carbons (Fsp3) is 0.495. The van der Waals surface area contributed by atoms with Gasteiger partial charge < -0.3 is 28.7 Å². The van der Waals surface area contributed by atoms with Gasteiger partial charge in [-0.25, -0.2) is 0 Å². The number of benzene rings is 8. The van der Waals surface area contributed by atoms with Crippen LogP contribution in [0.4, 0.5) is 11.4 Å². The first kappa shape index (κ1) is 76.2. The Balaban J connectivity index is 1.38. The summed E-state index contributed by atoms with van der Waals surface area (Å²) in [6.45, 7) is 71.1. The van der Waals surface area contributed by atoms with Crippen LogP contribution in [0.1, 0.15) is 329 Å². The average Bonchev–Trinajstić information content (AvgIpc) is 1.55. The Morgan fingerprint density at radius 3 is 0.673 bits per heavy atom. The summed E-state index contributed by atoms with van der Waals surface area (Å²) in [5.74, 6) is 3.68. The highest BCUT2D eigenvalue weighted by Crippen LogP contribution is 2.59. The summed E-state index contributed by atoms with van der Waals surface area (Å²) in [4.78, 5) is 5.60. The molecule has 1 aliphatic carbocycles. The van der Waals surface area contributed by atoms with Crippen LogP contribution >= 0.6 is 0 Å². The molecule has 540 valence electrons. The van der Waals surface area contributed by atoms with E-state index in [4.69, 9.17) is 18.9 Å². The summed E-state index contributed by atoms with van der Waals surface area (Å²) in [5, 5.41) is 2.53. The lowest BCUT2D eigenvalue weighted by molar-refractivity contribution is 0.380. The standard InChI is InChI=1S/C95H126N2O4/c1-54-41-67(56(3)61-45-71(88(7,8)9)84(98-31)72(46-61)89(10,11)12)80(68(42-54)57(4)62-47-73(90(13,14)15)85(99-32)74(48-62)91(16,17)18)96-53-97(83-66-40-36-38-60-37-35-39-65(79(60)66)82(83)96)81-69(58(5)63-49-75(92(19,20)21)86(100-33)76(50-63)93(22,23)24)43-55(2)44-70(81)59(6)64-51-77(94(25,26)27)87(101-34)78(52-64)95(28,29)30/h35-52,56-59H,53H2,1-34H3/t56-,57-,58-,59-/m1/s1. The summed E-state index contributed by atoms with van der Waals surface area (Å²) < 4.78 is 26.1. The van der Waals surface area contributed by atoms with E-state index in [1.54, 1.807) is 0 Å². The molecule has 4 atom stereocenters.